The minimum atomic E-state index is -4.75. The van der Waals surface area contributed by atoms with Gasteiger partial charge in [-0.3, -0.25) is 14.5 Å². The van der Waals surface area contributed by atoms with E-state index in [0.29, 0.717) is 25.6 Å². The Labute approximate surface area is 218 Å². The zero-order valence-corrected chi connectivity index (χ0v) is 21.9. The predicted octanol–water partition coefficient (Wildman–Crippen LogP) is 3.38. The molecule has 1 aliphatic heterocycles. The molecule has 2 aromatic rings. The summed E-state index contributed by atoms with van der Waals surface area (Å²) in [6.45, 7) is 3.39. The number of hydrogen-bond donors (Lipinski definition) is 3. The zero-order valence-electron chi connectivity index (χ0n) is 20.3. The average molecular weight is 561 g/mol. The van der Waals surface area contributed by atoms with Crippen molar-refractivity contribution in [1.29, 1.82) is 0 Å². The van der Waals surface area contributed by atoms with Gasteiger partial charge in [0.05, 0.1) is 21.8 Å². The number of anilines is 1. The first-order valence-electron chi connectivity index (χ1n) is 11.5. The number of hydrogen-bond acceptors (Lipinski definition) is 6. The molecule has 1 unspecified atom stereocenters. The number of halogens is 4. The van der Waals surface area contributed by atoms with Gasteiger partial charge in [-0.2, -0.15) is 13.2 Å². The molecule has 0 bridgehead atoms. The number of sulfone groups is 1. The van der Waals surface area contributed by atoms with Gasteiger partial charge >= 0.3 is 6.18 Å². The number of amides is 2. The van der Waals surface area contributed by atoms with E-state index >= 15 is 0 Å². The van der Waals surface area contributed by atoms with E-state index in [1.807, 2.05) is 0 Å². The number of nitrogen functional groups attached to an aromatic ring is 1. The van der Waals surface area contributed by atoms with Gasteiger partial charge in [0.15, 0.2) is 9.84 Å². The third kappa shape index (κ3) is 7.14. The number of alkyl halides is 3. The molecule has 8 nitrogen and oxygen atoms in total. The van der Waals surface area contributed by atoms with Crippen LogP contribution >= 0.6 is 11.6 Å². The van der Waals surface area contributed by atoms with Crippen molar-refractivity contribution in [3.05, 3.63) is 57.6 Å². The van der Waals surface area contributed by atoms with Gasteiger partial charge in [-0.05, 0) is 47.9 Å². The van der Waals surface area contributed by atoms with Crippen LogP contribution in [0.4, 0.5) is 18.9 Å². The molecule has 0 spiro atoms. The summed E-state index contributed by atoms with van der Waals surface area (Å²) in [6.07, 6.45) is -4.14. The molecule has 1 fully saturated rings. The molecule has 37 heavy (non-hydrogen) atoms. The van der Waals surface area contributed by atoms with Gasteiger partial charge in [0, 0.05) is 49.9 Å². The van der Waals surface area contributed by atoms with E-state index in [4.69, 9.17) is 17.3 Å². The molecule has 0 saturated carbocycles. The van der Waals surface area contributed by atoms with E-state index in [-0.39, 0.29) is 63.1 Å². The first-order chi connectivity index (χ1) is 17.2. The van der Waals surface area contributed by atoms with Crippen molar-refractivity contribution in [3.63, 3.8) is 0 Å². The minimum absolute atomic E-state index is 0.0258. The van der Waals surface area contributed by atoms with Crippen LogP contribution in [0.2, 0.25) is 5.02 Å². The monoisotopic (exact) mass is 560 g/mol. The third-order valence-electron chi connectivity index (χ3n) is 6.08. The second kappa shape index (κ2) is 11.3. The molecular weight excluding hydrogens is 533 g/mol. The highest BCUT2D eigenvalue weighted by Gasteiger charge is 2.36. The summed E-state index contributed by atoms with van der Waals surface area (Å²) in [7, 11) is -3.63. The summed E-state index contributed by atoms with van der Waals surface area (Å²) in [5.74, 6) is -1.28. The molecule has 202 valence electrons. The number of nitrogens with one attached hydrogen (secondary N) is 2. The highest BCUT2D eigenvalue weighted by Crippen LogP contribution is 2.35. The van der Waals surface area contributed by atoms with Crippen LogP contribution in [0.1, 0.15) is 47.3 Å². The van der Waals surface area contributed by atoms with Crippen LogP contribution in [0.15, 0.2) is 35.2 Å². The summed E-state index contributed by atoms with van der Waals surface area (Å²) >= 11 is 5.98. The Morgan fingerprint density at radius 3 is 2.51 bits per heavy atom. The summed E-state index contributed by atoms with van der Waals surface area (Å²) in [6, 6.07) is 5.80. The van der Waals surface area contributed by atoms with Crippen molar-refractivity contribution >= 4 is 38.9 Å². The Hall–Kier alpha value is -2.83. The lowest BCUT2D eigenvalue weighted by Gasteiger charge is -2.21. The fraction of sp³-hybridized carbons (Fsp3) is 0.417. The zero-order chi connectivity index (χ0) is 27.5. The molecule has 1 saturated heterocycles. The van der Waals surface area contributed by atoms with Gasteiger partial charge < -0.3 is 16.4 Å². The van der Waals surface area contributed by atoms with E-state index in [2.05, 4.69) is 10.6 Å². The van der Waals surface area contributed by atoms with Crippen LogP contribution in [0.25, 0.3) is 0 Å². The summed E-state index contributed by atoms with van der Waals surface area (Å²) < 4.78 is 66.6. The largest absolute Gasteiger partial charge is 0.416 e. The molecule has 0 radical (unpaired) electrons. The van der Waals surface area contributed by atoms with E-state index in [9.17, 15) is 31.2 Å². The summed E-state index contributed by atoms with van der Waals surface area (Å²) in [5.41, 5.74) is 4.59. The van der Waals surface area contributed by atoms with E-state index in [1.54, 1.807) is 4.90 Å². The molecule has 1 atom stereocenters. The second-order valence-corrected chi connectivity index (χ2v) is 11.5. The van der Waals surface area contributed by atoms with Crippen LogP contribution < -0.4 is 16.4 Å². The number of carbonyl (C=O) groups is 2. The second-order valence-electron chi connectivity index (χ2n) is 8.85. The highest BCUT2D eigenvalue weighted by atomic mass is 35.5. The standard InChI is InChI=1S/C24H28ClF3N4O4S/c1-3-37(35,36)22-5-4-17(25)8-15(22)11-30-23(34)19-10-20(24(26,27)28)16(9-21(19)29)12-32-7-6-18(13-32)31-14(2)33/h4-5,8-10,18H,3,6-7,11-13,29H2,1-2H3,(H,30,34)(H,31,33). The first kappa shape index (κ1) is 28.7. The van der Waals surface area contributed by atoms with Gasteiger partial charge in [0.2, 0.25) is 5.91 Å². The van der Waals surface area contributed by atoms with E-state index < -0.39 is 27.5 Å². The number of likely N-dealkylation sites (tertiary alicyclic amines) is 1. The Bertz CT molecular complexity index is 1300. The maximum absolute atomic E-state index is 13.9. The summed E-state index contributed by atoms with van der Waals surface area (Å²) in [5, 5.41) is 5.46. The lowest BCUT2D eigenvalue weighted by Crippen LogP contribution is -2.35. The molecule has 0 aromatic heterocycles. The van der Waals surface area contributed by atoms with Gasteiger partial charge in [0.1, 0.15) is 0 Å². The Balaban J connectivity index is 1.84. The molecule has 1 aliphatic rings. The van der Waals surface area contributed by atoms with Gasteiger partial charge in [-0.25, -0.2) is 8.42 Å². The third-order valence-corrected chi connectivity index (χ3v) is 8.14. The van der Waals surface area contributed by atoms with E-state index in [0.717, 1.165) is 6.07 Å². The van der Waals surface area contributed by atoms with Gasteiger partial charge in [0.25, 0.3) is 5.91 Å². The SMILES string of the molecule is CCS(=O)(=O)c1ccc(Cl)cc1CNC(=O)c1cc(C(F)(F)F)c(CN2CCC(NC(C)=O)C2)cc1N. The maximum Gasteiger partial charge on any atom is 0.416 e. The Morgan fingerprint density at radius 1 is 1.19 bits per heavy atom. The van der Waals surface area contributed by atoms with Crippen LogP contribution in [-0.2, 0) is 33.9 Å². The fourth-order valence-electron chi connectivity index (χ4n) is 4.29. The minimum Gasteiger partial charge on any atom is -0.398 e. The quantitative estimate of drug-likeness (QED) is 0.426. The first-order valence-corrected chi connectivity index (χ1v) is 13.5. The molecule has 3 rings (SSSR count). The Morgan fingerprint density at radius 2 is 1.89 bits per heavy atom. The number of nitrogens with zero attached hydrogens (tertiary/aromatic N) is 1. The van der Waals surface area contributed by atoms with Crippen molar-refractivity contribution in [3.8, 4) is 0 Å². The molecule has 1 heterocycles. The van der Waals surface area contributed by atoms with Gasteiger partial charge in [-0.15, -0.1) is 0 Å². The average Bonchev–Trinajstić information content (AvgIpc) is 3.22. The number of carbonyl (C=O) groups excluding carboxylic acids is 2. The molecule has 4 N–H and O–H groups in total. The molecular formula is C24H28ClF3N4O4S. The fourth-order valence-corrected chi connectivity index (χ4v) is 5.60. The smallest absolute Gasteiger partial charge is 0.398 e. The molecule has 0 aliphatic carbocycles. The Kier molecular flexibility index (Phi) is 8.76. The van der Waals surface area contributed by atoms with Crippen LogP contribution in [0.5, 0.6) is 0 Å². The van der Waals surface area contributed by atoms with Crippen molar-refractivity contribution in [2.24, 2.45) is 0 Å². The van der Waals surface area contributed by atoms with Crippen LogP contribution in [0.3, 0.4) is 0 Å². The normalized spacial score (nSPS) is 16.5. The lowest BCUT2D eigenvalue weighted by atomic mass is 10.00. The van der Waals surface area contributed by atoms with Crippen molar-refractivity contribution in [2.45, 2.75) is 50.5 Å². The molecule has 2 aromatic carbocycles. The van der Waals surface area contributed by atoms with Crippen LogP contribution in [-0.4, -0.2) is 50.0 Å². The van der Waals surface area contributed by atoms with Crippen LogP contribution in [0, 0.1) is 0 Å². The summed E-state index contributed by atoms with van der Waals surface area (Å²) in [4.78, 5) is 25.9. The van der Waals surface area contributed by atoms with Crippen molar-refractivity contribution < 1.29 is 31.2 Å². The molecule has 2 amide bonds. The lowest BCUT2D eigenvalue weighted by molar-refractivity contribution is -0.138. The predicted molar refractivity (Wildman–Crippen MR) is 134 cm³/mol. The number of nitrogens with two attached hydrogens (primary N) is 1. The van der Waals surface area contributed by atoms with Gasteiger partial charge in [-0.1, -0.05) is 18.5 Å². The van der Waals surface area contributed by atoms with Crippen molar-refractivity contribution in [2.75, 3.05) is 24.6 Å². The maximum atomic E-state index is 13.9. The number of rotatable bonds is 8. The molecule has 13 heteroatoms. The van der Waals surface area contributed by atoms with Crippen molar-refractivity contribution in [1.82, 2.24) is 15.5 Å². The highest BCUT2D eigenvalue weighted by molar-refractivity contribution is 7.91. The topological polar surface area (TPSA) is 122 Å². The number of benzene rings is 2. The van der Waals surface area contributed by atoms with E-state index in [1.165, 1.54) is 32.0 Å².